The third kappa shape index (κ3) is 3.76. The van der Waals surface area contributed by atoms with Crippen molar-refractivity contribution in [3.63, 3.8) is 0 Å². The van der Waals surface area contributed by atoms with E-state index in [1.54, 1.807) is 0 Å². The average Bonchev–Trinajstić information content (AvgIpc) is 3.46. The van der Waals surface area contributed by atoms with Crippen LogP contribution in [0.25, 0.3) is 10.9 Å². The quantitative estimate of drug-likeness (QED) is 0.568. The number of para-hydroxylation sites is 1. The second-order valence-electron chi connectivity index (χ2n) is 6.58. The molecule has 128 valence electrons. The molecule has 0 amide bonds. The fraction of sp³-hybridized carbons (Fsp3) is 0.300. The third-order valence-electron chi connectivity index (χ3n) is 4.46. The maximum atomic E-state index is 4.87. The van der Waals surface area contributed by atoms with Gasteiger partial charge in [-0.1, -0.05) is 18.2 Å². The zero-order valence-corrected chi connectivity index (χ0v) is 15.8. The first-order valence-corrected chi connectivity index (χ1v) is 9.49. The molecule has 0 unspecified atom stereocenters. The molecule has 5 heteroatoms. The number of hydrogen-bond acceptors (Lipinski definition) is 4. The van der Waals surface area contributed by atoms with Crippen LogP contribution < -0.4 is 10.6 Å². The summed E-state index contributed by atoms with van der Waals surface area (Å²) in [5.74, 6) is 1.54. The predicted molar refractivity (Wildman–Crippen MR) is 107 cm³/mol. The maximum Gasteiger partial charge on any atom is 0.125 e. The molecule has 0 atom stereocenters. The van der Waals surface area contributed by atoms with Crippen molar-refractivity contribution in [2.45, 2.75) is 25.7 Å². The Labute approximate surface area is 156 Å². The number of halogens is 1. The predicted octanol–water partition coefficient (Wildman–Crippen LogP) is 5.10. The zero-order chi connectivity index (χ0) is 17.2. The molecule has 0 spiro atoms. The molecule has 3 aromatic rings. The van der Waals surface area contributed by atoms with E-state index in [-0.39, 0.29) is 0 Å². The lowest BCUT2D eigenvalue weighted by Crippen LogP contribution is -2.14. The molecule has 1 fully saturated rings. The van der Waals surface area contributed by atoms with Gasteiger partial charge in [-0.15, -0.1) is 0 Å². The molecule has 0 bridgehead atoms. The minimum absolute atomic E-state index is 0.631. The summed E-state index contributed by atoms with van der Waals surface area (Å²) in [4.78, 5) is 9.24. The molecular formula is C20H21BrN4. The molecule has 0 radical (unpaired) electrons. The van der Waals surface area contributed by atoms with Gasteiger partial charge < -0.3 is 10.6 Å². The molecule has 2 heterocycles. The minimum atomic E-state index is 0.631. The molecule has 4 rings (SSSR count). The van der Waals surface area contributed by atoms with Gasteiger partial charge in [0.2, 0.25) is 0 Å². The summed E-state index contributed by atoms with van der Waals surface area (Å²) in [5.41, 5.74) is 4.58. The average molecular weight is 397 g/mol. The molecule has 1 aliphatic rings. The molecule has 2 aromatic heterocycles. The summed E-state index contributed by atoms with van der Waals surface area (Å²) in [6.45, 7) is 3.68. The Morgan fingerprint density at radius 1 is 1.12 bits per heavy atom. The van der Waals surface area contributed by atoms with Crippen LogP contribution >= 0.6 is 15.9 Å². The van der Waals surface area contributed by atoms with Crippen LogP contribution in [-0.4, -0.2) is 23.1 Å². The van der Waals surface area contributed by atoms with Gasteiger partial charge in [-0.25, -0.2) is 4.98 Å². The van der Waals surface area contributed by atoms with Crippen molar-refractivity contribution >= 4 is 38.3 Å². The van der Waals surface area contributed by atoms with Crippen molar-refractivity contribution in [3.8, 4) is 0 Å². The molecule has 0 saturated heterocycles. The van der Waals surface area contributed by atoms with E-state index in [0.29, 0.717) is 5.92 Å². The summed E-state index contributed by atoms with van der Waals surface area (Å²) >= 11 is 3.64. The summed E-state index contributed by atoms with van der Waals surface area (Å²) in [6, 6.07) is 12.5. The van der Waals surface area contributed by atoms with Gasteiger partial charge in [0.15, 0.2) is 0 Å². The number of anilines is 2. The lowest BCUT2D eigenvalue weighted by atomic mass is 10.1. The zero-order valence-electron chi connectivity index (χ0n) is 14.2. The first-order valence-electron chi connectivity index (χ1n) is 8.70. The Hall–Kier alpha value is -2.14. The highest BCUT2D eigenvalue weighted by molar-refractivity contribution is 9.10. The minimum Gasteiger partial charge on any atom is -0.383 e. The summed E-state index contributed by atoms with van der Waals surface area (Å²) in [5, 5.41) is 8.08. The first-order chi connectivity index (χ1) is 12.2. The maximum absolute atomic E-state index is 4.87. The van der Waals surface area contributed by atoms with Crippen LogP contribution in [0, 0.1) is 6.92 Å². The van der Waals surface area contributed by atoms with E-state index in [0.717, 1.165) is 40.0 Å². The highest BCUT2D eigenvalue weighted by atomic mass is 79.9. The van der Waals surface area contributed by atoms with Crippen molar-refractivity contribution < 1.29 is 0 Å². The van der Waals surface area contributed by atoms with E-state index >= 15 is 0 Å². The molecule has 4 nitrogen and oxygen atoms in total. The lowest BCUT2D eigenvalue weighted by Gasteiger charge is -2.13. The number of benzene rings is 1. The van der Waals surface area contributed by atoms with Gasteiger partial charge >= 0.3 is 0 Å². The molecule has 1 aromatic carbocycles. The van der Waals surface area contributed by atoms with Gasteiger partial charge in [-0.05, 0) is 59.5 Å². The Bertz CT molecular complexity index is 888. The molecule has 25 heavy (non-hydrogen) atoms. The Morgan fingerprint density at radius 2 is 1.96 bits per heavy atom. The SMILES string of the molecule is Cc1ccc(NCCNc2cc(C3CC3)nc3c(Br)cccc23)nc1. The Morgan fingerprint density at radius 3 is 2.72 bits per heavy atom. The van der Waals surface area contributed by atoms with Crippen LogP contribution in [0.1, 0.15) is 30.0 Å². The van der Waals surface area contributed by atoms with E-state index in [2.05, 4.69) is 61.9 Å². The molecular weight excluding hydrogens is 376 g/mol. The monoisotopic (exact) mass is 396 g/mol. The van der Waals surface area contributed by atoms with Crippen LogP contribution in [0.15, 0.2) is 47.1 Å². The smallest absolute Gasteiger partial charge is 0.125 e. The number of nitrogens with one attached hydrogen (secondary N) is 2. The van der Waals surface area contributed by atoms with Crippen LogP contribution in [0.2, 0.25) is 0 Å². The van der Waals surface area contributed by atoms with Crippen LogP contribution in [0.3, 0.4) is 0 Å². The number of pyridine rings is 2. The van der Waals surface area contributed by atoms with Gasteiger partial charge in [0.1, 0.15) is 5.82 Å². The van der Waals surface area contributed by atoms with Gasteiger partial charge in [0.05, 0.1) is 5.52 Å². The van der Waals surface area contributed by atoms with Crippen molar-refractivity contribution in [2.75, 3.05) is 23.7 Å². The number of fused-ring (bicyclic) bond motifs is 1. The second kappa shape index (κ2) is 7.00. The van der Waals surface area contributed by atoms with Crippen molar-refractivity contribution in [1.29, 1.82) is 0 Å². The van der Waals surface area contributed by atoms with E-state index in [4.69, 9.17) is 4.98 Å². The number of rotatable bonds is 6. The Kier molecular flexibility index (Phi) is 4.57. The number of aryl methyl sites for hydroxylation is 1. The third-order valence-corrected chi connectivity index (χ3v) is 5.10. The molecule has 0 aliphatic heterocycles. The van der Waals surface area contributed by atoms with E-state index < -0.39 is 0 Å². The van der Waals surface area contributed by atoms with Crippen LogP contribution in [0.4, 0.5) is 11.5 Å². The van der Waals surface area contributed by atoms with Crippen LogP contribution in [0.5, 0.6) is 0 Å². The second-order valence-corrected chi connectivity index (χ2v) is 7.43. The van der Waals surface area contributed by atoms with Gasteiger partial charge in [0, 0.05) is 46.4 Å². The Balaban J connectivity index is 1.48. The lowest BCUT2D eigenvalue weighted by molar-refractivity contribution is 1.03. The fourth-order valence-electron chi connectivity index (χ4n) is 2.93. The molecule has 1 aliphatic carbocycles. The normalized spacial score (nSPS) is 13.8. The molecule has 2 N–H and O–H groups in total. The van der Waals surface area contributed by atoms with Crippen molar-refractivity contribution in [3.05, 3.63) is 58.3 Å². The number of hydrogen-bond donors (Lipinski definition) is 2. The van der Waals surface area contributed by atoms with Crippen molar-refractivity contribution in [1.82, 2.24) is 9.97 Å². The van der Waals surface area contributed by atoms with E-state index in [9.17, 15) is 0 Å². The standard InChI is InChI=1S/C20H21BrN4/c1-13-5-8-19(24-12-13)23-10-9-22-18-11-17(14-6-7-14)25-20-15(18)3-2-4-16(20)21/h2-5,8,11-12,14H,6-7,9-10H2,1H3,(H,22,25)(H,23,24). The van der Waals surface area contributed by atoms with Gasteiger partial charge in [-0.2, -0.15) is 0 Å². The van der Waals surface area contributed by atoms with Gasteiger partial charge in [-0.3, -0.25) is 4.98 Å². The van der Waals surface area contributed by atoms with E-state index in [1.807, 2.05) is 19.2 Å². The highest BCUT2D eigenvalue weighted by Gasteiger charge is 2.26. The van der Waals surface area contributed by atoms with Gasteiger partial charge in [0.25, 0.3) is 0 Å². The van der Waals surface area contributed by atoms with Crippen molar-refractivity contribution in [2.24, 2.45) is 0 Å². The molecule has 1 saturated carbocycles. The number of aromatic nitrogens is 2. The highest BCUT2D eigenvalue weighted by Crippen LogP contribution is 2.41. The van der Waals surface area contributed by atoms with E-state index in [1.165, 1.54) is 24.1 Å². The summed E-state index contributed by atoms with van der Waals surface area (Å²) < 4.78 is 1.05. The van der Waals surface area contributed by atoms with Crippen LogP contribution in [-0.2, 0) is 0 Å². The fourth-order valence-corrected chi connectivity index (χ4v) is 3.38. The number of nitrogens with zero attached hydrogens (tertiary/aromatic N) is 2. The first kappa shape index (κ1) is 16.3. The summed E-state index contributed by atoms with van der Waals surface area (Å²) in [7, 11) is 0. The topological polar surface area (TPSA) is 49.8 Å². The summed E-state index contributed by atoms with van der Waals surface area (Å²) in [6.07, 6.45) is 4.39. The largest absolute Gasteiger partial charge is 0.383 e.